The first kappa shape index (κ1) is 14.2. The highest BCUT2D eigenvalue weighted by molar-refractivity contribution is 6.45. The van der Waals surface area contributed by atoms with E-state index in [4.69, 9.17) is 0 Å². The Labute approximate surface area is 136 Å². The van der Waals surface area contributed by atoms with Crippen molar-refractivity contribution in [1.82, 2.24) is 4.90 Å². The van der Waals surface area contributed by atoms with Crippen molar-refractivity contribution in [3.8, 4) is 0 Å². The van der Waals surface area contributed by atoms with Gasteiger partial charge in [-0.05, 0) is 36.5 Å². The third-order valence-corrected chi connectivity index (χ3v) is 4.89. The molecule has 2 aromatic rings. The van der Waals surface area contributed by atoms with Gasteiger partial charge in [0.15, 0.2) is 0 Å². The van der Waals surface area contributed by atoms with Gasteiger partial charge in [-0.15, -0.1) is 0 Å². The molecule has 0 bridgehead atoms. The minimum Gasteiger partial charge on any atom is -0.330 e. The molecule has 3 nitrogen and oxygen atoms in total. The van der Waals surface area contributed by atoms with Crippen LogP contribution in [-0.2, 0) is 24.2 Å². The lowest BCUT2D eigenvalue weighted by molar-refractivity contribution is -0.127. The van der Waals surface area contributed by atoms with Crippen LogP contribution in [0, 0.1) is 0 Å². The summed E-state index contributed by atoms with van der Waals surface area (Å²) in [6.07, 6.45) is 1.84. The molecule has 2 aliphatic rings. The SMILES string of the molecule is C[C@@H]1Cc2ccccc2CN1C(=O)C1=NCCc2ccccc21. The molecule has 0 spiro atoms. The van der Waals surface area contributed by atoms with Gasteiger partial charge in [0.1, 0.15) is 5.71 Å². The maximum absolute atomic E-state index is 13.1. The molecule has 1 amide bonds. The second-order valence-corrected chi connectivity index (χ2v) is 6.39. The Morgan fingerprint density at radius 3 is 2.57 bits per heavy atom. The molecule has 3 heteroatoms. The maximum atomic E-state index is 13.1. The van der Waals surface area contributed by atoms with Gasteiger partial charge >= 0.3 is 0 Å². The van der Waals surface area contributed by atoms with E-state index in [1.165, 1.54) is 16.7 Å². The molecule has 4 rings (SSSR count). The predicted octanol–water partition coefficient (Wildman–Crippen LogP) is 3.01. The van der Waals surface area contributed by atoms with E-state index in [2.05, 4.69) is 36.2 Å². The number of hydrogen-bond donors (Lipinski definition) is 0. The van der Waals surface area contributed by atoms with E-state index < -0.39 is 0 Å². The molecule has 0 aromatic heterocycles. The summed E-state index contributed by atoms with van der Waals surface area (Å²) in [7, 11) is 0. The number of rotatable bonds is 1. The molecule has 0 N–H and O–H groups in total. The smallest absolute Gasteiger partial charge is 0.273 e. The van der Waals surface area contributed by atoms with Crippen LogP contribution in [0.3, 0.4) is 0 Å². The van der Waals surface area contributed by atoms with E-state index >= 15 is 0 Å². The Kier molecular flexibility index (Phi) is 3.49. The van der Waals surface area contributed by atoms with Gasteiger partial charge in [0, 0.05) is 24.7 Å². The first-order valence-corrected chi connectivity index (χ1v) is 8.24. The zero-order chi connectivity index (χ0) is 15.8. The van der Waals surface area contributed by atoms with Crippen LogP contribution in [-0.4, -0.2) is 29.1 Å². The van der Waals surface area contributed by atoms with Crippen molar-refractivity contribution in [1.29, 1.82) is 0 Å². The molecular formula is C20H20N2O. The summed E-state index contributed by atoms with van der Waals surface area (Å²) in [5.41, 5.74) is 5.49. The van der Waals surface area contributed by atoms with Crippen LogP contribution in [0.1, 0.15) is 29.2 Å². The van der Waals surface area contributed by atoms with Crippen LogP contribution in [0.2, 0.25) is 0 Å². The average molecular weight is 304 g/mol. The number of carbonyl (C=O) groups is 1. The molecule has 0 fully saturated rings. The Balaban J connectivity index is 1.66. The van der Waals surface area contributed by atoms with Crippen molar-refractivity contribution in [2.75, 3.05) is 6.54 Å². The molecule has 0 saturated heterocycles. The topological polar surface area (TPSA) is 32.7 Å². The van der Waals surface area contributed by atoms with Gasteiger partial charge in [0.05, 0.1) is 0 Å². The second kappa shape index (κ2) is 5.65. The fraction of sp³-hybridized carbons (Fsp3) is 0.300. The zero-order valence-corrected chi connectivity index (χ0v) is 13.3. The van der Waals surface area contributed by atoms with E-state index in [-0.39, 0.29) is 11.9 Å². The summed E-state index contributed by atoms with van der Waals surface area (Å²) in [5, 5.41) is 0. The van der Waals surface area contributed by atoms with Crippen LogP contribution in [0.5, 0.6) is 0 Å². The van der Waals surface area contributed by atoms with Crippen molar-refractivity contribution in [3.05, 3.63) is 70.8 Å². The summed E-state index contributed by atoms with van der Waals surface area (Å²) in [5.74, 6) is 0.0687. The summed E-state index contributed by atoms with van der Waals surface area (Å²) in [6.45, 7) is 3.51. The highest BCUT2D eigenvalue weighted by atomic mass is 16.2. The Morgan fingerprint density at radius 1 is 1.04 bits per heavy atom. The van der Waals surface area contributed by atoms with E-state index in [0.29, 0.717) is 18.8 Å². The van der Waals surface area contributed by atoms with Crippen LogP contribution in [0.15, 0.2) is 53.5 Å². The molecule has 0 unspecified atom stereocenters. The molecule has 0 radical (unpaired) electrons. The Morgan fingerprint density at radius 2 is 1.74 bits per heavy atom. The van der Waals surface area contributed by atoms with Crippen molar-refractivity contribution in [3.63, 3.8) is 0 Å². The summed E-state index contributed by atoms with van der Waals surface area (Å²) in [4.78, 5) is 19.7. The average Bonchev–Trinajstić information content (AvgIpc) is 2.60. The van der Waals surface area contributed by atoms with Gasteiger partial charge in [0.25, 0.3) is 5.91 Å². The molecule has 0 saturated carbocycles. The van der Waals surface area contributed by atoms with Gasteiger partial charge in [0.2, 0.25) is 0 Å². The lowest BCUT2D eigenvalue weighted by Crippen LogP contribution is -2.46. The van der Waals surface area contributed by atoms with Crippen molar-refractivity contribution >= 4 is 11.6 Å². The van der Waals surface area contributed by atoms with Crippen LogP contribution < -0.4 is 0 Å². The van der Waals surface area contributed by atoms with E-state index in [9.17, 15) is 4.79 Å². The molecule has 2 aliphatic heterocycles. The summed E-state index contributed by atoms with van der Waals surface area (Å²) >= 11 is 0. The fourth-order valence-electron chi connectivity index (χ4n) is 3.61. The number of benzene rings is 2. The van der Waals surface area contributed by atoms with Gasteiger partial charge in [-0.2, -0.15) is 0 Å². The molecule has 0 aliphatic carbocycles. The predicted molar refractivity (Wildman–Crippen MR) is 91.7 cm³/mol. The Bertz CT molecular complexity index is 794. The van der Waals surface area contributed by atoms with Crippen LogP contribution in [0.4, 0.5) is 0 Å². The first-order chi connectivity index (χ1) is 11.2. The molecule has 1 atom stereocenters. The molecule has 116 valence electrons. The quantitative estimate of drug-likeness (QED) is 0.797. The van der Waals surface area contributed by atoms with Crippen LogP contribution in [0.25, 0.3) is 0 Å². The van der Waals surface area contributed by atoms with Crippen molar-refractivity contribution in [2.24, 2.45) is 4.99 Å². The summed E-state index contributed by atoms with van der Waals surface area (Å²) < 4.78 is 0. The fourth-order valence-corrected chi connectivity index (χ4v) is 3.61. The van der Waals surface area contributed by atoms with Crippen molar-refractivity contribution in [2.45, 2.75) is 32.4 Å². The van der Waals surface area contributed by atoms with E-state index in [1.807, 2.05) is 29.2 Å². The monoisotopic (exact) mass is 304 g/mol. The van der Waals surface area contributed by atoms with Gasteiger partial charge < -0.3 is 4.90 Å². The second-order valence-electron chi connectivity index (χ2n) is 6.39. The van der Waals surface area contributed by atoms with Gasteiger partial charge in [-0.3, -0.25) is 9.79 Å². The number of hydrogen-bond acceptors (Lipinski definition) is 2. The normalized spacial score (nSPS) is 19.6. The Hall–Kier alpha value is -2.42. The van der Waals surface area contributed by atoms with E-state index in [1.54, 1.807) is 0 Å². The maximum Gasteiger partial charge on any atom is 0.273 e. The van der Waals surface area contributed by atoms with Gasteiger partial charge in [-0.25, -0.2) is 0 Å². The lowest BCUT2D eigenvalue weighted by Gasteiger charge is -2.35. The van der Waals surface area contributed by atoms with Gasteiger partial charge in [-0.1, -0.05) is 48.5 Å². The van der Waals surface area contributed by atoms with E-state index in [0.717, 1.165) is 18.4 Å². The zero-order valence-electron chi connectivity index (χ0n) is 13.3. The standard InChI is InChI=1S/C20H20N2O/c1-14-12-16-7-2-3-8-17(16)13-22(14)20(23)19-18-9-5-4-6-15(18)10-11-21-19/h2-9,14H,10-13H2,1H3/t14-/m1/s1. The lowest BCUT2D eigenvalue weighted by atomic mass is 9.92. The van der Waals surface area contributed by atoms with Crippen LogP contribution >= 0.6 is 0 Å². The molecular weight excluding hydrogens is 284 g/mol. The highest BCUT2D eigenvalue weighted by Crippen LogP contribution is 2.25. The third-order valence-electron chi connectivity index (χ3n) is 4.89. The number of carbonyl (C=O) groups excluding carboxylic acids is 1. The number of fused-ring (bicyclic) bond motifs is 2. The number of nitrogens with zero attached hydrogens (tertiary/aromatic N) is 2. The number of amides is 1. The first-order valence-electron chi connectivity index (χ1n) is 8.24. The molecule has 23 heavy (non-hydrogen) atoms. The highest BCUT2D eigenvalue weighted by Gasteiger charge is 2.31. The number of aliphatic imine (C=N–C) groups is 1. The third kappa shape index (κ3) is 2.46. The summed E-state index contributed by atoms with van der Waals surface area (Å²) in [6, 6.07) is 16.8. The largest absolute Gasteiger partial charge is 0.330 e. The minimum atomic E-state index is 0.0687. The molecule has 2 heterocycles. The minimum absolute atomic E-state index is 0.0687. The molecule has 2 aromatic carbocycles. The van der Waals surface area contributed by atoms with Crippen molar-refractivity contribution < 1.29 is 4.79 Å².